The Morgan fingerprint density at radius 1 is 1.16 bits per heavy atom. The molecule has 1 aromatic carbocycles. The molecule has 0 spiro atoms. The van der Waals surface area contributed by atoms with Crippen LogP contribution in [-0.4, -0.2) is 45.6 Å². The van der Waals surface area contributed by atoms with Crippen LogP contribution in [0.4, 0.5) is 0 Å². The summed E-state index contributed by atoms with van der Waals surface area (Å²) in [6, 6.07) is 9.85. The Labute approximate surface area is 158 Å². The second-order valence-electron chi connectivity index (χ2n) is 6.28. The van der Waals surface area contributed by atoms with Crippen LogP contribution in [0.2, 0.25) is 4.82 Å². The van der Waals surface area contributed by atoms with E-state index in [0.717, 1.165) is 30.1 Å². The Morgan fingerprint density at radius 3 is 2.44 bits per heavy atom. The van der Waals surface area contributed by atoms with Crippen LogP contribution in [0.3, 0.4) is 0 Å². The Morgan fingerprint density at radius 2 is 1.84 bits per heavy atom. The van der Waals surface area contributed by atoms with Gasteiger partial charge in [0.25, 0.3) is 0 Å². The molecule has 136 valence electrons. The quantitative estimate of drug-likeness (QED) is 0.244. The predicted molar refractivity (Wildman–Crippen MR) is 106 cm³/mol. The summed E-state index contributed by atoms with van der Waals surface area (Å²) in [5.41, 5.74) is 1.30. The molecule has 0 aromatic heterocycles. The summed E-state index contributed by atoms with van der Waals surface area (Å²) in [4.78, 5) is 26.1. The first-order valence-electron chi connectivity index (χ1n) is 8.67. The van der Waals surface area contributed by atoms with E-state index in [0.29, 0.717) is 6.42 Å². The van der Waals surface area contributed by atoms with Gasteiger partial charge in [-0.15, -0.1) is 0 Å². The number of ketones is 1. The Kier molecular flexibility index (Phi) is 10.1. The molecule has 0 radical (unpaired) electrons. The number of amides is 1. The van der Waals surface area contributed by atoms with E-state index in [2.05, 4.69) is 19.6 Å². The summed E-state index contributed by atoms with van der Waals surface area (Å²) >= 11 is -0.172. The van der Waals surface area contributed by atoms with Crippen LogP contribution in [0.5, 0.6) is 0 Å². The molecule has 1 amide bonds. The van der Waals surface area contributed by atoms with Crippen LogP contribution < -0.4 is 4.46 Å². The second kappa shape index (κ2) is 11.8. The van der Waals surface area contributed by atoms with Gasteiger partial charge in [-0.25, -0.2) is 0 Å². The number of carbonyl (C=O) groups excluding carboxylic acids is 2. The fraction of sp³-hybridized carbons (Fsp3) is 0.429. The molecule has 1 aromatic rings. The van der Waals surface area contributed by atoms with Gasteiger partial charge >= 0.3 is 158 Å². The third kappa shape index (κ3) is 8.33. The average Bonchev–Trinajstić information content (AvgIpc) is 2.60. The van der Waals surface area contributed by atoms with E-state index in [9.17, 15) is 9.59 Å². The maximum atomic E-state index is 12.7. The zero-order valence-electron chi connectivity index (χ0n) is 15.5. The number of hydrogen-bond donors (Lipinski definition) is 0. The average molecular weight is 406 g/mol. The Bertz CT molecular complexity index is 593. The van der Waals surface area contributed by atoms with Gasteiger partial charge in [-0.3, -0.25) is 0 Å². The summed E-state index contributed by atoms with van der Waals surface area (Å²) in [6.45, 7) is 5.82. The van der Waals surface area contributed by atoms with E-state index in [1.165, 1.54) is 10.5 Å². The van der Waals surface area contributed by atoms with Gasteiger partial charge in [0.15, 0.2) is 0 Å². The van der Waals surface area contributed by atoms with Gasteiger partial charge in [0, 0.05) is 0 Å². The first kappa shape index (κ1) is 21.4. The number of allylic oxidation sites excluding steroid dienone is 3. The predicted octanol–water partition coefficient (Wildman–Crippen LogP) is 3.54. The van der Waals surface area contributed by atoms with E-state index < -0.39 is 4.82 Å². The van der Waals surface area contributed by atoms with Gasteiger partial charge in [-0.05, 0) is 0 Å². The molecular weight excluding hydrogens is 377 g/mol. The molecule has 0 fully saturated rings. The van der Waals surface area contributed by atoms with Gasteiger partial charge in [0.2, 0.25) is 0 Å². The van der Waals surface area contributed by atoms with Gasteiger partial charge in [-0.1, -0.05) is 0 Å². The van der Waals surface area contributed by atoms with Crippen LogP contribution in [0.1, 0.15) is 39.0 Å². The normalized spacial score (nSPS) is 12.5. The summed E-state index contributed by atoms with van der Waals surface area (Å²) in [5.74, 6) is -0.00598. The van der Waals surface area contributed by atoms with Crippen molar-refractivity contribution < 1.29 is 9.59 Å². The van der Waals surface area contributed by atoms with Crippen LogP contribution in [0.15, 0.2) is 54.6 Å². The fourth-order valence-electron chi connectivity index (χ4n) is 2.35. The number of nitrogens with zero attached hydrogens (tertiary/aromatic N) is 1. The molecule has 0 heterocycles. The molecule has 0 aliphatic heterocycles. The van der Waals surface area contributed by atoms with Crippen molar-refractivity contribution >= 4 is 31.1 Å². The van der Waals surface area contributed by atoms with E-state index in [4.69, 9.17) is 0 Å². The van der Waals surface area contributed by atoms with Crippen molar-refractivity contribution in [3.63, 3.8) is 0 Å². The Balaban J connectivity index is 2.62. The number of Topliss-reactive ketones (excluding diaryl/α,β-unsaturated/α-hetero) is 1. The molecule has 1 rings (SSSR count). The number of unbranched alkanes of at least 4 members (excludes halogenated alkanes) is 1. The van der Waals surface area contributed by atoms with Crippen molar-refractivity contribution in [3.8, 4) is 0 Å². The van der Waals surface area contributed by atoms with Gasteiger partial charge in [-0.2, -0.15) is 0 Å². The zero-order chi connectivity index (χ0) is 18.7. The summed E-state index contributed by atoms with van der Waals surface area (Å²) in [7, 11) is 3.44. The Hall–Kier alpha value is -1.64. The third-order valence-electron chi connectivity index (χ3n) is 3.81. The van der Waals surface area contributed by atoms with Crippen molar-refractivity contribution in [3.05, 3.63) is 54.6 Å². The molecule has 0 bridgehead atoms. The molecule has 25 heavy (non-hydrogen) atoms. The molecule has 0 N–H and O–H groups in total. The maximum absolute atomic E-state index is 12.7. The fourth-order valence-corrected chi connectivity index (χ4v) is 4.75. The van der Waals surface area contributed by atoms with Crippen LogP contribution in [0, 0.1) is 0 Å². The van der Waals surface area contributed by atoms with Crippen molar-refractivity contribution in [2.75, 3.05) is 14.1 Å². The molecule has 0 saturated heterocycles. The first-order valence-corrected chi connectivity index (χ1v) is 10.5. The van der Waals surface area contributed by atoms with E-state index in [1.54, 1.807) is 14.1 Å². The number of rotatable bonds is 11. The van der Waals surface area contributed by atoms with E-state index >= 15 is 0 Å². The van der Waals surface area contributed by atoms with Gasteiger partial charge < -0.3 is 0 Å². The van der Waals surface area contributed by atoms with Crippen LogP contribution in [-0.2, 0) is 9.59 Å². The molecule has 0 saturated carbocycles. The van der Waals surface area contributed by atoms with E-state index in [1.807, 2.05) is 36.4 Å². The summed E-state index contributed by atoms with van der Waals surface area (Å²) in [5, 5.41) is 0. The molecule has 4 heteroatoms. The van der Waals surface area contributed by atoms with Crippen molar-refractivity contribution in [1.82, 2.24) is 4.90 Å². The molecule has 1 atom stereocenters. The molecule has 0 aliphatic carbocycles. The minimum absolute atomic E-state index is 0.0708. The van der Waals surface area contributed by atoms with Gasteiger partial charge in [0.1, 0.15) is 0 Å². The number of carbonyl (C=O) groups is 2. The first-order chi connectivity index (χ1) is 12.0. The monoisotopic (exact) mass is 407 g/mol. The SMILES string of the molecule is C=CCC/C=C(\C)CCCC(=O)C([Se]c1ccccc1)C(=O)N(C)C. The zero-order valence-corrected chi connectivity index (χ0v) is 17.2. The molecule has 0 aliphatic rings. The topological polar surface area (TPSA) is 37.4 Å². The second-order valence-corrected chi connectivity index (χ2v) is 8.75. The van der Waals surface area contributed by atoms with Gasteiger partial charge in [0.05, 0.1) is 0 Å². The molecule has 1 unspecified atom stereocenters. The molecule has 3 nitrogen and oxygen atoms in total. The summed E-state index contributed by atoms with van der Waals surface area (Å²) < 4.78 is 1.09. The summed E-state index contributed by atoms with van der Waals surface area (Å²) in [6.07, 6.45) is 8.28. The van der Waals surface area contributed by atoms with Crippen molar-refractivity contribution in [2.24, 2.45) is 0 Å². The number of benzene rings is 1. The van der Waals surface area contributed by atoms with Crippen LogP contribution in [0.25, 0.3) is 0 Å². The van der Waals surface area contributed by atoms with Crippen molar-refractivity contribution in [1.29, 1.82) is 0 Å². The minimum atomic E-state index is -0.519. The number of hydrogen-bond acceptors (Lipinski definition) is 2. The standard InChI is InChI=1S/C21H29NO2Se/c1-5-6-8-12-17(2)13-11-16-19(23)20(21(24)22(3)4)25-18-14-9-7-10-15-18/h5,7,9-10,12,14-15,20H,1,6,8,11,13,16H2,2-4H3/b17-12+. The third-order valence-corrected chi connectivity index (χ3v) is 6.42. The van der Waals surface area contributed by atoms with Crippen LogP contribution >= 0.6 is 0 Å². The van der Waals surface area contributed by atoms with Crippen molar-refractivity contribution in [2.45, 2.75) is 43.8 Å². The molecular formula is C21H29NO2Se. The van der Waals surface area contributed by atoms with E-state index in [-0.39, 0.29) is 26.6 Å².